The van der Waals surface area contributed by atoms with Crippen molar-refractivity contribution in [2.45, 2.75) is 38.5 Å². The number of benzene rings is 4. The van der Waals surface area contributed by atoms with Gasteiger partial charge in [-0.25, -0.2) is 0 Å². The summed E-state index contributed by atoms with van der Waals surface area (Å²) in [6.45, 7) is 1.16. The van der Waals surface area contributed by atoms with E-state index >= 15 is 0 Å². The average molecular weight is 623 g/mol. The van der Waals surface area contributed by atoms with Crippen LogP contribution in [0.3, 0.4) is 0 Å². The van der Waals surface area contributed by atoms with E-state index in [0.29, 0.717) is 57.1 Å². The smallest absolute Gasteiger partial charge is 0.251 e. The van der Waals surface area contributed by atoms with E-state index in [-0.39, 0.29) is 11.7 Å². The van der Waals surface area contributed by atoms with Gasteiger partial charge in [-0.3, -0.25) is 4.79 Å². The van der Waals surface area contributed by atoms with Crippen molar-refractivity contribution in [3.05, 3.63) is 94.5 Å². The summed E-state index contributed by atoms with van der Waals surface area (Å²) >= 11 is 12.5. The summed E-state index contributed by atoms with van der Waals surface area (Å²) in [7, 11) is 3.23. The molecule has 8 heteroatoms. The van der Waals surface area contributed by atoms with Crippen LogP contribution in [-0.4, -0.2) is 38.4 Å². The number of phenols is 1. The number of nitrogens with one attached hydrogen (secondary N) is 1. The first-order valence-electron chi connectivity index (χ1n) is 14.4. The van der Waals surface area contributed by atoms with Gasteiger partial charge in [0.05, 0.1) is 20.8 Å². The van der Waals surface area contributed by atoms with E-state index in [0.717, 1.165) is 49.7 Å². The Morgan fingerprint density at radius 2 is 1.23 bits per heavy atom. The van der Waals surface area contributed by atoms with Crippen molar-refractivity contribution in [1.82, 2.24) is 5.32 Å². The lowest BCUT2D eigenvalue weighted by Gasteiger charge is -2.15. The number of carbonyl (C=O) groups excluding carboxylic acids is 1. The zero-order chi connectivity index (χ0) is 30.6. The number of hydrogen-bond donors (Lipinski definition) is 2. The van der Waals surface area contributed by atoms with Crippen LogP contribution in [0.5, 0.6) is 23.0 Å². The van der Waals surface area contributed by atoms with E-state index in [9.17, 15) is 9.90 Å². The Balaban J connectivity index is 1.27. The van der Waals surface area contributed by atoms with Gasteiger partial charge in [0.1, 0.15) is 5.75 Å². The van der Waals surface area contributed by atoms with Gasteiger partial charge in [-0.1, -0.05) is 79.2 Å². The fourth-order valence-electron chi connectivity index (χ4n) is 4.89. The third-order valence-electron chi connectivity index (χ3n) is 7.13. The minimum Gasteiger partial charge on any atom is -0.507 e. The van der Waals surface area contributed by atoms with Gasteiger partial charge in [-0.15, -0.1) is 0 Å². The van der Waals surface area contributed by atoms with Crippen LogP contribution in [0, 0.1) is 0 Å². The Morgan fingerprint density at radius 3 is 1.77 bits per heavy atom. The van der Waals surface area contributed by atoms with Gasteiger partial charge in [0.2, 0.25) is 5.75 Å². The molecule has 0 saturated carbocycles. The van der Waals surface area contributed by atoms with Gasteiger partial charge in [0.25, 0.3) is 5.91 Å². The summed E-state index contributed by atoms with van der Waals surface area (Å²) in [6, 6.07) is 23.4. The summed E-state index contributed by atoms with van der Waals surface area (Å²) in [5.74, 6) is 1.82. The number of para-hydroxylation sites is 1. The monoisotopic (exact) mass is 621 g/mol. The summed E-state index contributed by atoms with van der Waals surface area (Å²) in [4.78, 5) is 13.2. The van der Waals surface area contributed by atoms with Crippen LogP contribution in [-0.2, 0) is 0 Å². The van der Waals surface area contributed by atoms with Crippen molar-refractivity contribution in [3.63, 3.8) is 0 Å². The van der Waals surface area contributed by atoms with Gasteiger partial charge < -0.3 is 24.6 Å². The van der Waals surface area contributed by atoms with Crippen molar-refractivity contribution >= 4 is 29.1 Å². The predicted molar refractivity (Wildman–Crippen MR) is 174 cm³/mol. The first-order chi connectivity index (χ1) is 20.9. The van der Waals surface area contributed by atoms with Gasteiger partial charge >= 0.3 is 0 Å². The minimum atomic E-state index is -0.199. The second-order valence-electron chi connectivity index (χ2n) is 10.2. The largest absolute Gasteiger partial charge is 0.507 e. The van der Waals surface area contributed by atoms with Crippen LogP contribution >= 0.6 is 23.2 Å². The van der Waals surface area contributed by atoms with Crippen LogP contribution in [0.25, 0.3) is 22.3 Å². The quantitative estimate of drug-likeness (QED) is 0.129. The molecule has 0 fully saturated rings. The molecule has 4 aromatic carbocycles. The average Bonchev–Trinajstić information content (AvgIpc) is 3.01. The fourth-order valence-corrected chi connectivity index (χ4v) is 5.27. The molecule has 6 nitrogen and oxygen atoms in total. The molecule has 0 aliphatic heterocycles. The number of amides is 1. The number of halogens is 2. The normalized spacial score (nSPS) is 10.8. The Labute approximate surface area is 263 Å². The van der Waals surface area contributed by atoms with Crippen molar-refractivity contribution < 1.29 is 24.1 Å². The van der Waals surface area contributed by atoms with Gasteiger partial charge in [-0.2, -0.15) is 0 Å². The molecule has 0 heterocycles. The number of methoxy groups -OCH3 is 2. The molecule has 43 heavy (non-hydrogen) atoms. The van der Waals surface area contributed by atoms with E-state index in [1.165, 1.54) is 0 Å². The van der Waals surface area contributed by atoms with Crippen LogP contribution in [0.4, 0.5) is 0 Å². The van der Waals surface area contributed by atoms with Crippen molar-refractivity contribution in [2.24, 2.45) is 0 Å². The number of hydrogen-bond acceptors (Lipinski definition) is 5. The second-order valence-corrected chi connectivity index (χ2v) is 11.0. The summed E-state index contributed by atoms with van der Waals surface area (Å²) in [6.07, 6.45) is 6.04. The Hall–Kier alpha value is -3.87. The van der Waals surface area contributed by atoms with Gasteiger partial charge in [-0.05, 0) is 72.5 Å². The summed E-state index contributed by atoms with van der Waals surface area (Å²) in [5.41, 5.74) is 2.94. The molecule has 0 bridgehead atoms. The fraction of sp³-hybridized carbons (Fsp3) is 0.286. The van der Waals surface area contributed by atoms with Crippen LogP contribution in [0.2, 0.25) is 10.0 Å². The number of phenolic OH excluding ortho intramolecular Hbond substituents is 1. The molecule has 4 rings (SSSR count). The molecule has 0 saturated heterocycles. The second kappa shape index (κ2) is 16.1. The molecule has 2 N–H and O–H groups in total. The number of aromatic hydroxyl groups is 1. The molecule has 0 atom stereocenters. The van der Waals surface area contributed by atoms with E-state index in [4.69, 9.17) is 37.4 Å². The standard InChI is InChI=1S/C35H37Cl2NO5/c1-41-31-16-11-17-32(42-2)34(31)43-19-8-6-4-3-5-7-18-38-35(40)26-22-29(24-12-9-14-27(36)20-24)33(39)30(23-26)25-13-10-15-28(37)21-25/h9-17,20-23,39H,3-8,18-19H2,1-2H3,(H,38,40). The van der Waals surface area contributed by atoms with E-state index in [1.54, 1.807) is 50.6 Å². The van der Waals surface area contributed by atoms with Crippen LogP contribution in [0.1, 0.15) is 48.9 Å². The Morgan fingerprint density at radius 1 is 0.721 bits per heavy atom. The minimum absolute atomic E-state index is 0.0635. The molecular formula is C35H37Cl2NO5. The zero-order valence-electron chi connectivity index (χ0n) is 24.5. The highest BCUT2D eigenvalue weighted by molar-refractivity contribution is 6.31. The maximum atomic E-state index is 13.2. The maximum Gasteiger partial charge on any atom is 0.251 e. The number of rotatable bonds is 15. The molecule has 0 aliphatic carbocycles. The highest BCUT2D eigenvalue weighted by Gasteiger charge is 2.17. The molecule has 1 amide bonds. The van der Waals surface area contributed by atoms with Crippen molar-refractivity contribution in [2.75, 3.05) is 27.4 Å². The zero-order valence-corrected chi connectivity index (χ0v) is 26.0. The third-order valence-corrected chi connectivity index (χ3v) is 7.60. The number of ether oxygens (including phenoxy) is 3. The first-order valence-corrected chi connectivity index (χ1v) is 15.2. The van der Waals surface area contributed by atoms with Gasteiger partial charge in [0, 0.05) is 33.3 Å². The van der Waals surface area contributed by atoms with Crippen LogP contribution < -0.4 is 19.5 Å². The predicted octanol–water partition coefficient (Wildman–Crippen LogP) is 9.20. The SMILES string of the molecule is COc1cccc(OC)c1OCCCCCCCCNC(=O)c1cc(-c2cccc(Cl)c2)c(O)c(-c2cccc(Cl)c2)c1. The van der Waals surface area contributed by atoms with Gasteiger partial charge in [0.15, 0.2) is 11.5 Å². The first kappa shape index (κ1) is 32.1. The molecule has 0 aliphatic rings. The molecule has 226 valence electrons. The Kier molecular flexibility index (Phi) is 12.0. The number of unbranched alkanes of at least 4 members (excludes halogenated alkanes) is 5. The summed E-state index contributed by atoms with van der Waals surface area (Å²) < 4.78 is 16.7. The lowest BCUT2D eigenvalue weighted by molar-refractivity contribution is 0.0953. The lowest BCUT2D eigenvalue weighted by atomic mass is 9.94. The maximum absolute atomic E-state index is 13.2. The molecule has 0 aromatic heterocycles. The molecule has 0 radical (unpaired) electrons. The van der Waals surface area contributed by atoms with E-state index in [2.05, 4.69) is 5.32 Å². The van der Waals surface area contributed by atoms with E-state index in [1.807, 2.05) is 42.5 Å². The van der Waals surface area contributed by atoms with E-state index < -0.39 is 0 Å². The van der Waals surface area contributed by atoms with Crippen molar-refractivity contribution in [3.8, 4) is 45.3 Å². The highest BCUT2D eigenvalue weighted by Crippen LogP contribution is 2.40. The number of carbonyl (C=O) groups is 1. The molecular weight excluding hydrogens is 585 g/mol. The van der Waals surface area contributed by atoms with Crippen LogP contribution in [0.15, 0.2) is 78.9 Å². The van der Waals surface area contributed by atoms with Crippen molar-refractivity contribution in [1.29, 1.82) is 0 Å². The summed E-state index contributed by atoms with van der Waals surface area (Å²) in [5, 5.41) is 15.3. The lowest BCUT2D eigenvalue weighted by Crippen LogP contribution is -2.24. The molecule has 0 unspecified atom stereocenters. The molecule has 4 aromatic rings. The molecule has 0 spiro atoms. The third kappa shape index (κ3) is 8.82. The topological polar surface area (TPSA) is 77.0 Å². The Bertz CT molecular complexity index is 1440. The highest BCUT2D eigenvalue weighted by atomic mass is 35.5.